The molecular formula is C7H12N4S. The van der Waals surface area contributed by atoms with Gasteiger partial charge in [-0.2, -0.15) is 5.10 Å². The summed E-state index contributed by atoms with van der Waals surface area (Å²) in [6, 6.07) is 1.97. The number of nitrogens with zero attached hydrogens (tertiary/aromatic N) is 2. The van der Waals surface area contributed by atoms with E-state index < -0.39 is 0 Å². The number of thiocarbonyl (C=S) groups is 1. The van der Waals surface area contributed by atoms with Crippen molar-refractivity contribution in [3.8, 4) is 0 Å². The van der Waals surface area contributed by atoms with Gasteiger partial charge in [-0.1, -0.05) is 0 Å². The molecule has 4 nitrogen and oxygen atoms in total. The Morgan fingerprint density at radius 2 is 2.58 bits per heavy atom. The van der Waals surface area contributed by atoms with Gasteiger partial charge in [-0.25, -0.2) is 0 Å². The van der Waals surface area contributed by atoms with Crippen molar-refractivity contribution in [2.45, 2.75) is 6.42 Å². The van der Waals surface area contributed by atoms with Crippen molar-refractivity contribution in [1.82, 2.24) is 15.1 Å². The Balaban J connectivity index is 2.33. The first kappa shape index (κ1) is 8.99. The quantitative estimate of drug-likeness (QED) is 0.639. The molecule has 1 aromatic rings. The highest BCUT2D eigenvalue weighted by Crippen LogP contribution is 1.95. The average molecular weight is 184 g/mol. The van der Waals surface area contributed by atoms with Gasteiger partial charge >= 0.3 is 0 Å². The van der Waals surface area contributed by atoms with Crippen LogP contribution in [0.15, 0.2) is 12.3 Å². The minimum Gasteiger partial charge on any atom is -0.376 e. The van der Waals surface area contributed by atoms with Gasteiger partial charge in [0, 0.05) is 31.9 Å². The van der Waals surface area contributed by atoms with Crippen molar-refractivity contribution in [1.29, 1.82) is 0 Å². The number of hydrogen-bond donors (Lipinski definition) is 2. The molecule has 5 heteroatoms. The second kappa shape index (κ2) is 4.06. The second-order valence-electron chi connectivity index (χ2n) is 2.49. The fraction of sp³-hybridized carbons (Fsp3) is 0.429. The summed E-state index contributed by atoms with van der Waals surface area (Å²) >= 11 is 4.67. The Hall–Kier alpha value is -1.10. The lowest BCUT2D eigenvalue weighted by Gasteiger charge is -2.03. The van der Waals surface area contributed by atoms with Crippen LogP contribution in [0.25, 0.3) is 0 Å². The van der Waals surface area contributed by atoms with E-state index in [1.807, 2.05) is 17.8 Å². The van der Waals surface area contributed by atoms with E-state index in [1.165, 1.54) is 5.69 Å². The van der Waals surface area contributed by atoms with Gasteiger partial charge < -0.3 is 11.1 Å². The highest BCUT2D eigenvalue weighted by atomic mass is 32.1. The molecule has 0 fully saturated rings. The third-order valence-corrected chi connectivity index (χ3v) is 1.75. The van der Waals surface area contributed by atoms with E-state index in [-0.39, 0.29) is 0 Å². The van der Waals surface area contributed by atoms with Gasteiger partial charge in [0.25, 0.3) is 0 Å². The van der Waals surface area contributed by atoms with Crippen LogP contribution in [0.4, 0.5) is 0 Å². The van der Waals surface area contributed by atoms with E-state index in [2.05, 4.69) is 22.6 Å². The van der Waals surface area contributed by atoms with Crippen molar-refractivity contribution < 1.29 is 0 Å². The Bertz CT molecular complexity index is 268. The smallest absolute Gasteiger partial charge is 0.163 e. The molecule has 0 saturated heterocycles. The third kappa shape index (κ3) is 2.50. The highest BCUT2D eigenvalue weighted by molar-refractivity contribution is 7.80. The minimum absolute atomic E-state index is 0.345. The van der Waals surface area contributed by atoms with Crippen LogP contribution >= 0.6 is 12.2 Å². The van der Waals surface area contributed by atoms with Crippen molar-refractivity contribution in [2.24, 2.45) is 12.8 Å². The first-order valence-electron chi connectivity index (χ1n) is 3.70. The molecule has 0 saturated carbocycles. The molecule has 1 rings (SSSR count). The van der Waals surface area contributed by atoms with Crippen molar-refractivity contribution >= 4 is 17.3 Å². The number of hydrogen-bond acceptors (Lipinski definition) is 2. The van der Waals surface area contributed by atoms with Gasteiger partial charge in [-0.05, 0) is 18.3 Å². The van der Waals surface area contributed by atoms with Crippen LogP contribution in [0, 0.1) is 0 Å². The number of aromatic nitrogens is 2. The number of nitrogens with one attached hydrogen (secondary N) is 1. The lowest BCUT2D eigenvalue weighted by atomic mass is 10.3. The predicted octanol–water partition coefficient (Wildman–Crippen LogP) is -0.204. The summed E-state index contributed by atoms with van der Waals surface area (Å²) in [5.74, 6) is 0. The standard InChI is InChI=1S/C7H12N4S/c1-11-6(3-5-10-11)2-4-9-7(8)12/h3,5H,2,4H2,1H3,(H3,8,9,12). The Morgan fingerprint density at radius 3 is 3.08 bits per heavy atom. The van der Waals surface area contributed by atoms with Gasteiger partial charge in [-0.3, -0.25) is 4.68 Å². The van der Waals surface area contributed by atoms with E-state index in [9.17, 15) is 0 Å². The largest absolute Gasteiger partial charge is 0.376 e. The maximum absolute atomic E-state index is 5.27. The van der Waals surface area contributed by atoms with Crippen LogP contribution in [-0.2, 0) is 13.5 Å². The average Bonchev–Trinajstić information content (AvgIpc) is 2.36. The molecule has 0 atom stereocenters. The first-order chi connectivity index (χ1) is 5.70. The molecule has 0 radical (unpaired) electrons. The SMILES string of the molecule is Cn1nccc1CCNC(N)=S. The Labute approximate surface area is 76.7 Å². The second-order valence-corrected chi connectivity index (χ2v) is 2.93. The topological polar surface area (TPSA) is 55.9 Å². The summed E-state index contributed by atoms with van der Waals surface area (Å²) in [4.78, 5) is 0. The van der Waals surface area contributed by atoms with Crippen molar-refractivity contribution in [3.05, 3.63) is 18.0 Å². The summed E-state index contributed by atoms with van der Waals surface area (Å²) in [5.41, 5.74) is 6.43. The van der Waals surface area contributed by atoms with Gasteiger partial charge in [-0.15, -0.1) is 0 Å². The molecule has 3 N–H and O–H groups in total. The van der Waals surface area contributed by atoms with Crippen molar-refractivity contribution in [3.63, 3.8) is 0 Å². The number of aryl methyl sites for hydroxylation is 1. The van der Waals surface area contributed by atoms with Crippen LogP contribution in [-0.4, -0.2) is 21.4 Å². The zero-order valence-corrected chi connectivity index (χ0v) is 7.77. The van der Waals surface area contributed by atoms with E-state index in [0.29, 0.717) is 5.11 Å². The third-order valence-electron chi connectivity index (χ3n) is 1.60. The molecule has 1 heterocycles. The van der Waals surface area contributed by atoms with E-state index >= 15 is 0 Å². The van der Waals surface area contributed by atoms with Crippen LogP contribution < -0.4 is 11.1 Å². The molecule has 0 aliphatic carbocycles. The molecule has 0 spiro atoms. The lowest BCUT2D eigenvalue weighted by Crippen LogP contribution is -2.30. The van der Waals surface area contributed by atoms with E-state index in [1.54, 1.807) is 6.20 Å². The van der Waals surface area contributed by atoms with Crippen LogP contribution in [0.3, 0.4) is 0 Å². The zero-order valence-electron chi connectivity index (χ0n) is 6.95. The maximum atomic E-state index is 5.27. The summed E-state index contributed by atoms with van der Waals surface area (Å²) < 4.78 is 1.83. The van der Waals surface area contributed by atoms with Gasteiger partial charge in [0.05, 0.1) is 0 Å². The first-order valence-corrected chi connectivity index (χ1v) is 4.11. The summed E-state index contributed by atoms with van der Waals surface area (Å²) in [7, 11) is 1.91. The molecule has 0 aromatic carbocycles. The molecule has 12 heavy (non-hydrogen) atoms. The summed E-state index contributed by atoms with van der Waals surface area (Å²) in [6.07, 6.45) is 2.66. The molecule has 0 amide bonds. The van der Waals surface area contributed by atoms with Crippen molar-refractivity contribution in [2.75, 3.05) is 6.54 Å². The Morgan fingerprint density at radius 1 is 1.83 bits per heavy atom. The fourth-order valence-corrected chi connectivity index (χ4v) is 1.06. The van der Waals surface area contributed by atoms with E-state index in [4.69, 9.17) is 5.73 Å². The maximum Gasteiger partial charge on any atom is 0.163 e. The zero-order chi connectivity index (χ0) is 8.97. The van der Waals surface area contributed by atoms with Gasteiger partial charge in [0.2, 0.25) is 0 Å². The lowest BCUT2D eigenvalue weighted by molar-refractivity contribution is 0.696. The highest BCUT2D eigenvalue weighted by Gasteiger charge is 1.96. The number of rotatable bonds is 3. The van der Waals surface area contributed by atoms with Gasteiger partial charge in [0.15, 0.2) is 5.11 Å². The van der Waals surface area contributed by atoms with E-state index in [0.717, 1.165) is 13.0 Å². The molecule has 0 aliphatic rings. The Kier molecular flexibility index (Phi) is 3.04. The molecule has 0 unspecified atom stereocenters. The molecular weight excluding hydrogens is 172 g/mol. The summed E-state index contributed by atoms with van der Waals surface area (Å²) in [6.45, 7) is 0.759. The van der Waals surface area contributed by atoms with Crippen LogP contribution in [0.2, 0.25) is 0 Å². The monoisotopic (exact) mass is 184 g/mol. The summed E-state index contributed by atoms with van der Waals surface area (Å²) in [5, 5.41) is 7.26. The minimum atomic E-state index is 0.345. The fourth-order valence-electron chi connectivity index (χ4n) is 0.960. The molecule has 0 bridgehead atoms. The molecule has 1 aromatic heterocycles. The molecule has 0 aliphatic heterocycles. The predicted molar refractivity (Wildman–Crippen MR) is 51.7 cm³/mol. The van der Waals surface area contributed by atoms with Gasteiger partial charge in [0.1, 0.15) is 0 Å². The van der Waals surface area contributed by atoms with Crippen LogP contribution in [0.5, 0.6) is 0 Å². The molecule has 66 valence electrons. The van der Waals surface area contributed by atoms with Crippen LogP contribution in [0.1, 0.15) is 5.69 Å². The normalized spacial score (nSPS) is 9.75. The number of nitrogens with two attached hydrogens (primary N) is 1.